The summed E-state index contributed by atoms with van der Waals surface area (Å²) < 4.78 is 44.0. The van der Waals surface area contributed by atoms with Gasteiger partial charge in [0.15, 0.2) is 6.10 Å². The van der Waals surface area contributed by atoms with E-state index >= 15 is 0 Å². The molecule has 9 heteroatoms. The Hall–Kier alpha value is -2.62. The number of morpholine rings is 1. The molecular formula is C22H28N2O6S. The summed E-state index contributed by atoms with van der Waals surface area (Å²) in [6.45, 7) is 4.98. The number of methoxy groups -OCH3 is 1. The highest BCUT2D eigenvalue weighted by molar-refractivity contribution is 7.89. The largest absolute Gasteiger partial charge is 0.495 e. The number of amides is 1. The number of aryl methyl sites for hydroxylation is 1. The first-order valence-corrected chi connectivity index (χ1v) is 11.6. The molecular weight excluding hydrogens is 420 g/mol. The molecule has 8 nitrogen and oxygen atoms in total. The van der Waals surface area contributed by atoms with E-state index in [9.17, 15) is 13.2 Å². The number of ether oxygens (including phenoxy) is 3. The molecule has 0 aliphatic carbocycles. The van der Waals surface area contributed by atoms with E-state index in [0.717, 1.165) is 5.56 Å². The van der Waals surface area contributed by atoms with Crippen molar-refractivity contribution in [3.8, 4) is 11.5 Å². The second kappa shape index (κ2) is 10.1. The number of anilines is 1. The van der Waals surface area contributed by atoms with Crippen LogP contribution in [0.2, 0.25) is 0 Å². The molecule has 1 fully saturated rings. The van der Waals surface area contributed by atoms with E-state index in [1.165, 1.54) is 23.5 Å². The van der Waals surface area contributed by atoms with E-state index in [-0.39, 0.29) is 29.6 Å². The lowest BCUT2D eigenvalue weighted by molar-refractivity contribution is -0.122. The van der Waals surface area contributed by atoms with Gasteiger partial charge in [0.05, 0.1) is 20.3 Å². The van der Waals surface area contributed by atoms with Crippen molar-refractivity contribution in [2.45, 2.75) is 31.3 Å². The molecule has 168 valence electrons. The first kappa shape index (κ1) is 23.1. The van der Waals surface area contributed by atoms with Crippen molar-refractivity contribution in [3.63, 3.8) is 0 Å². The highest BCUT2D eigenvalue weighted by atomic mass is 32.2. The molecule has 31 heavy (non-hydrogen) atoms. The smallest absolute Gasteiger partial charge is 0.265 e. The average molecular weight is 449 g/mol. The molecule has 2 aromatic rings. The molecule has 1 aliphatic rings. The highest BCUT2D eigenvalue weighted by Gasteiger charge is 2.30. The number of hydrogen-bond donors (Lipinski definition) is 1. The van der Waals surface area contributed by atoms with E-state index in [2.05, 4.69) is 5.32 Å². The van der Waals surface area contributed by atoms with Crippen LogP contribution in [-0.4, -0.2) is 58.1 Å². The van der Waals surface area contributed by atoms with Crippen molar-refractivity contribution >= 4 is 21.6 Å². The van der Waals surface area contributed by atoms with Crippen molar-refractivity contribution in [1.29, 1.82) is 0 Å². The third-order valence-corrected chi connectivity index (χ3v) is 6.96. The lowest BCUT2D eigenvalue weighted by Gasteiger charge is -2.27. The summed E-state index contributed by atoms with van der Waals surface area (Å²) in [4.78, 5) is 12.8. The van der Waals surface area contributed by atoms with Crippen LogP contribution >= 0.6 is 0 Å². The van der Waals surface area contributed by atoms with Gasteiger partial charge in [-0.2, -0.15) is 4.31 Å². The van der Waals surface area contributed by atoms with Crippen molar-refractivity contribution in [2.75, 3.05) is 38.7 Å². The second-order valence-electron chi connectivity index (χ2n) is 7.15. The van der Waals surface area contributed by atoms with Gasteiger partial charge in [0.25, 0.3) is 5.91 Å². The number of para-hydroxylation sites is 1. The zero-order chi connectivity index (χ0) is 22.4. The minimum Gasteiger partial charge on any atom is -0.495 e. The Morgan fingerprint density at radius 1 is 1.16 bits per heavy atom. The fraction of sp³-hybridized carbons (Fsp3) is 0.409. The highest BCUT2D eigenvalue weighted by Crippen LogP contribution is 2.30. The number of benzene rings is 2. The molecule has 3 rings (SSSR count). The monoisotopic (exact) mass is 448 g/mol. The SMILES string of the molecule is CC[C@H](Oc1ccccc1C)C(=O)Nc1ccc(OC)c(S(=O)(=O)N2CCOCC2)c1. The fourth-order valence-corrected chi connectivity index (χ4v) is 4.86. The standard InChI is InChI=1S/C22H28N2O6S/c1-4-18(30-19-8-6-5-7-16(19)2)22(25)23-17-9-10-20(28-3)21(15-17)31(26,27)24-11-13-29-14-12-24/h5-10,15,18H,4,11-14H2,1-3H3,(H,23,25)/t18-/m0/s1. The van der Waals surface area contributed by atoms with E-state index < -0.39 is 16.1 Å². The van der Waals surface area contributed by atoms with Gasteiger partial charge in [-0.1, -0.05) is 25.1 Å². The van der Waals surface area contributed by atoms with Crippen LogP contribution in [0.25, 0.3) is 0 Å². The molecule has 0 saturated carbocycles. The van der Waals surface area contributed by atoms with Gasteiger partial charge in [-0.25, -0.2) is 8.42 Å². The summed E-state index contributed by atoms with van der Waals surface area (Å²) in [6, 6.07) is 12.0. The maximum absolute atomic E-state index is 13.1. The van der Waals surface area contributed by atoms with E-state index in [1.54, 1.807) is 6.07 Å². The van der Waals surface area contributed by atoms with Crippen LogP contribution in [-0.2, 0) is 19.6 Å². The van der Waals surface area contributed by atoms with Gasteiger partial charge in [-0.15, -0.1) is 0 Å². The second-order valence-corrected chi connectivity index (χ2v) is 9.06. The van der Waals surface area contributed by atoms with E-state index in [1.807, 2.05) is 38.1 Å². The molecule has 0 unspecified atom stereocenters. The number of carbonyl (C=O) groups excluding carboxylic acids is 1. The van der Waals surface area contributed by atoms with Gasteiger partial charge < -0.3 is 19.5 Å². The van der Waals surface area contributed by atoms with Crippen molar-refractivity contribution in [1.82, 2.24) is 4.31 Å². The average Bonchev–Trinajstić information content (AvgIpc) is 2.79. The number of rotatable bonds is 8. The van der Waals surface area contributed by atoms with Gasteiger partial charge in [0.2, 0.25) is 10.0 Å². The lowest BCUT2D eigenvalue weighted by Crippen LogP contribution is -2.40. The van der Waals surface area contributed by atoms with Gasteiger partial charge >= 0.3 is 0 Å². The molecule has 1 amide bonds. The van der Waals surface area contributed by atoms with Gasteiger partial charge in [0, 0.05) is 18.8 Å². The quantitative estimate of drug-likeness (QED) is 0.667. The van der Waals surface area contributed by atoms with Gasteiger partial charge in [-0.05, 0) is 43.2 Å². The maximum atomic E-state index is 13.1. The number of hydrogen-bond acceptors (Lipinski definition) is 6. The van der Waals surface area contributed by atoms with Crippen LogP contribution < -0.4 is 14.8 Å². The van der Waals surface area contributed by atoms with Gasteiger partial charge in [0.1, 0.15) is 16.4 Å². The maximum Gasteiger partial charge on any atom is 0.265 e. The predicted molar refractivity (Wildman–Crippen MR) is 117 cm³/mol. The summed E-state index contributed by atoms with van der Waals surface area (Å²) >= 11 is 0. The first-order chi connectivity index (χ1) is 14.9. The molecule has 1 heterocycles. The Balaban J connectivity index is 1.82. The Labute approximate surface area is 183 Å². The molecule has 1 aliphatic heterocycles. The number of sulfonamides is 1. The molecule has 1 saturated heterocycles. The van der Waals surface area contributed by atoms with Crippen molar-refractivity contribution in [3.05, 3.63) is 48.0 Å². The third-order valence-electron chi connectivity index (χ3n) is 5.05. The Bertz CT molecular complexity index is 1020. The van der Waals surface area contributed by atoms with Crippen molar-refractivity contribution in [2.24, 2.45) is 0 Å². The fourth-order valence-electron chi connectivity index (χ4n) is 3.27. The minimum atomic E-state index is -3.80. The minimum absolute atomic E-state index is 0.00238. The molecule has 2 aromatic carbocycles. The molecule has 0 radical (unpaired) electrons. The Morgan fingerprint density at radius 3 is 2.52 bits per heavy atom. The lowest BCUT2D eigenvalue weighted by atomic mass is 10.2. The van der Waals surface area contributed by atoms with E-state index in [0.29, 0.717) is 31.1 Å². The zero-order valence-corrected chi connectivity index (χ0v) is 18.8. The molecule has 1 N–H and O–H groups in total. The van der Waals surface area contributed by atoms with Gasteiger partial charge in [-0.3, -0.25) is 4.79 Å². The number of nitrogens with one attached hydrogen (secondary N) is 1. The van der Waals surface area contributed by atoms with Crippen LogP contribution in [0.5, 0.6) is 11.5 Å². The zero-order valence-electron chi connectivity index (χ0n) is 18.0. The van der Waals surface area contributed by atoms with Crippen LogP contribution in [0.1, 0.15) is 18.9 Å². The molecule has 0 bridgehead atoms. The van der Waals surface area contributed by atoms with Crippen LogP contribution in [0, 0.1) is 6.92 Å². The van der Waals surface area contributed by atoms with Crippen LogP contribution in [0.3, 0.4) is 0 Å². The summed E-state index contributed by atoms with van der Waals surface area (Å²) in [5.41, 5.74) is 1.28. The summed E-state index contributed by atoms with van der Waals surface area (Å²) in [5.74, 6) is 0.494. The molecule has 0 spiro atoms. The summed E-state index contributed by atoms with van der Waals surface area (Å²) in [5, 5.41) is 2.77. The summed E-state index contributed by atoms with van der Waals surface area (Å²) in [6.07, 6.45) is -0.266. The number of nitrogens with zero attached hydrogens (tertiary/aromatic N) is 1. The normalized spacial score (nSPS) is 15.8. The number of carbonyl (C=O) groups is 1. The third kappa shape index (κ3) is 5.36. The summed E-state index contributed by atoms with van der Waals surface area (Å²) in [7, 11) is -2.39. The van der Waals surface area contributed by atoms with Crippen LogP contribution in [0.15, 0.2) is 47.4 Å². The predicted octanol–water partition coefficient (Wildman–Crippen LogP) is 2.82. The Kier molecular flexibility index (Phi) is 7.53. The van der Waals surface area contributed by atoms with Crippen LogP contribution in [0.4, 0.5) is 5.69 Å². The topological polar surface area (TPSA) is 94.2 Å². The molecule has 1 atom stereocenters. The van der Waals surface area contributed by atoms with E-state index in [4.69, 9.17) is 14.2 Å². The first-order valence-electron chi connectivity index (χ1n) is 10.2. The molecule has 0 aromatic heterocycles. The Morgan fingerprint density at radius 2 is 1.87 bits per heavy atom. The van der Waals surface area contributed by atoms with Crippen molar-refractivity contribution < 1.29 is 27.4 Å².